The van der Waals surface area contributed by atoms with Crippen LogP contribution < -0.4 is 5.32 Å². The van der Waals surface area contributed by atoms with Crippen LogP contribution in [-0.4, -0.2) is 0 Å². The van der Waals surface area contributed by atoms with Crippen LogP contribution in [0.5, 0.6) is 0 Å². The Morgan fingerprint density at radius 3 is 2.47 bits per heavy atom. The Kier molecular flexibility index (Phi) is 3.87. The predicted molar refractivity (Wildman–Crippen MR) is 79.7 cm³/mol. The molecular weight excluding hydrogens is 232 g/mol. The standard InChI is InChI=1S/C17H18N2/c1-12(2)15-9-6-7-13(3)17(15)19-16-10-5-4-8-14(16)11-18/h4-10,12,19H,1-3H3. The van der Waals surface area contributed by atoms with Gasteiger partial charge >= 0.3 is 0 Å². The second-order valence-corrected chi connectivity index (χ2v) is 4.98. The number of benzene rings is 2. The number of para-hydroxylation sites is 2. The molecule has 0 aromatic heterocycles. The molecule has 2 aromatic rings. The summed E-state index contributed by atoms with van der Waals surface area (Å²) in [6.07, 6.45) is 0. The molecule has 0 aliphatic carbocycles. The Bertz CT molecular complexity index is 621. The number of hydrogen-bond acceptors (Lipinski definition) is 2. The molecular formula is C17H18N2. The molecule has 0 fully saturated rings. The highest BCUT2D eigenvalue weighted by molar-refractivity contribution is 5.71. The van der Waals surface area contributed by atoms with Crippen LogP contribution in [0, 0.1) is 18.3 Å². The van der Waals surface area contributed by atoms with Crippen LogP contribution in [0.4, 0.5) is 11.4 Å². The Morgan fingerprint density at radius 1 is 1.05 bits per heavy atom. The minimum atomic E-state index is 0.441. The van der Waals surface area contributed by atoms with Crippen LogP contribution in [0.15, 0.2) is 42.5 Å². The van der Waals surface area contributed by atoms with E-state index in [1.165, 1.54) is 11.1 Å². The lowest BCUT2D eigenvalue weighted by atomic mass is 9.98. The van der Waals surface area contributed by atoms with Gasteiger partial charge in [-0.3, -0.25) is 0 Å². The summed E-state index contributed by atoms with van der Waals surface area (Å²) >= 11 is 0. The van der Waals surface area contributed by atoms with Crippen molar-refractivity contribution in [3.05, 3.63) is 59.2 Å². The van der Waals surface area contributed by atoms with E-state index in [2.05, 4.69) is 50.4 Å². The highest BCUT2D eigenvalue weighted by Gasteiger charge is 2.10. The molecule has 0 unspecified atom stereocenters. The summed E-state index contributed by atoms with van der Waals surface area (Å²) in [6, 6.07) is 16.1. The van der Waals surface area contributed by atoms with Crippen LogP contribution in [0.2, 0.25) is 0 Å². The molecule has 1 N–H and O–H groups in total. The van der Waals surface area contributed by atoms with Crippen LogP contribution in [-0.2, 0) is 0 Å². The van der Waals surface area contributed by atoms with E-state index in [0.717, 1.165) is 11.4 Å². The summed E-state index contributed by atoms with van der Waals surface area (Å²) in [4.78, 5) is 0. The highest BCUT2D eigenvalue weighted by Crippen LogP contribution is 2.31. The summed E-state index contributed by atoms with van der Waals surface area (Å²) in [5.74, 6) is 0.441. The lowest BCUT2D eigenvalue weighted by Gasteiger charge is -2.18. The second kappa shape index (κ2) is 5.58. The molecule has 2 rings (SSSR count). The molecule has 2 aromatic carbocycles. The number of anilines is 2. The number of nitrogens with zero attached hydrogens (tertiary/aromatic N) is 1. The van der Waals surface area contributed by atoms with Gasteiger partial charge in [0.1, 0.15) is 6.07 Å². The molecule has 0 heterocycles. The summed E-state index contributed by atoms with van der Waals surface area (Å²) in [5, 5.41) is 12.6. The van der Waals surface area contributed by atoms with Gasteiger partial charge in [-0.15, -0.1) is 0 Å². The van der Waals surface area contributed by atoms with Gasteiger partial charge in [0.2, 0.25) is 0 Å². The van der Waals surface area contributed by atoms with E-state index in [1.54, 1.807) is 0 Å². The largest absolute Gasteiger partial charge is 0.354 e. The monoisotopic (exact) mass is 250 g/mol. The predicted octanol–water partition coefficient (Wildman–Crippen LogP) is 4.73. The van der Waals surface area contributed by atoms with Gasteiger partial charge in [0.05, 0.1) is 11.3 Å². The molecule has 0 bridgehead atoms. The van der Waals surface area contributed by atoms with Crippen molar-refractivity contribution in [2.45, 2.75) is 26.7 Å². The van der Waals surface area contributed by atoms with Gasteiger partial charge in [0.15, 0.2) is 0 Å². The fourth-order valence-corrected chi connectivity index (χ4v) is 2.17. The van der Waals surface area contributed by atoms with E-state index in [0.29, 0.717) is 11.5 Å². The molecule has 0 amide bonds. The maximum absolute atomic E-state index is 9.15. The quantitative estimate of drug-likeness (QED) is 0.854. The molecule has 0 radical (unpaired) electrons. The van der Waals surface area contributed by atoms with Crippen molar-refractivity contribution in [3.8, 4) is 6.07 Å². The fraction of sp³-hybridized carbons (Fsp3) is 0.235. The third-order valence-corrected chi connectivity index (χ3v) is 3.23. The molecule has 0 saturated carbocycles. The zero-order valence-electron chi connectivity index (χ0n) is 11.6. The Labute approximate surface area is 114 Å². The first-order valence-corrected chi connectivity index (χ1v) is 6.49. The Morgan fingerprint density at radius 2 is 1.79 bits per heavy atom. The number of nitrogens with one attached hydrogen (secondary N) is 1. The molecule has 96 valence electrons. The minimum absolute atomic E-state index is 0.441. The SMILES string of the molecule is Cc1cccc(C(C)C)c1Nc1ccccc1C#N. The average Bonchev–Trinajstić information content (AvgIpc) is 2.41. The molecule has 0 atom stereocenters. The van der Waals surface area contributed by atoms with Gasteiger partial charge in [-0.05, 0) is 36.1 Å². The number of aryl methyl sites for hydroxylation is 1. The Hall–Kier alpha value is -2.27. The fourth-order valence-electron chi connectivity index (χ4n) is 2.17. The van der Waals surface area contributed by atoms with Crippen molar-refractivity contribution in [3.63, 3.8) is 0 Å². The van der Waals surface area contributed by atoms with Crippen LogP contribution in [0.1, 0.15) is 36.5 Å². The van der Waals surface area contributed by atoms with Crippen molar-refractivity contribution in [2.24, 2.45) is 0 Å². The summed E-state index contributed by atoms with van der Waals surface area (Å²) < 4.78 is 0. The van der Waals surface area contributed by atoms with Crippen LogP contribution >= 0.6 is 0 Å². The molecule has 0 aliphatic rings. The summed E-state index contributed by atoms with van der Waals surface area (Å²) in [7, 11) is 0. The first kappa shape index (κ1) is 13.2. The van der Waals surface area contributed by atoms with E-state index < -0.39 is 0 Å². The number of rotatable bonds is 3. The zero-order valence-corrected chi connectivity index (χ0v) is 11.6. The van der Waals surface area contributed by atoms with Crippen molar-refractivity contribution in [1.82, 2.24) is 0 Å². The van der Waals surface area contributed by atoms with Gasteiger partial charge in [0, 0.05) is 5.69 Å². The smallest absolute Gasteiger partial charge is 0.101 e. The molecule has 2 heteroatoms. The van der Waals surface area contributed by atoms with E-state index in [9.17, 15) is 0 Å². The normalized spacial score (nSPS) is 10.3. The zero-order chi connectivity index (χ0) is 13.8. The van der Waals surface area contributed by atoms with Gasteiger partial charge in [-0.1, -0.05) is 44.2 Å². The minimum Gasteiger partial charge on any atom is -0.354 e. The molecule has 0 saturated heterocycles. The molecule has 0 aliphatic heterocycles. The van der Waals surface area contributed by atoms with Crippen LogP contribution in [0.25, 0.3) is 0 Å². The van der Waals surface area contributed by atoms with Crippen molar-refractivity contribution >= 4 is 11.4 Å². The lowest BCUT2D eigenvalue weighted by Crippen LogP contribution is -2.01. The summed E-state index contributed by atoms with van der Waals surface area (Å²) in [5.41, 5.74) is 5.11. The third-order valence-electron chi connectivity index (χ3n) is 3.23. The summed E-state index contributed by atoms with van der Waals surface area (Å²) in [6.45, 7) is 6.44. The molecule has 19 heavy (non-hydrogen) atoms. The van der Waals surface area contributed by atoms with Gasteiger partial charge in [0.25, 0.3) is 0 Å². The first-order valence-electron chi connectivity index (χ1n) is 6.49. The van der Waals surface area contributed by atoms with Crippen molar-refractivity contribution in [2.75, 3.05) is 5.32 Å². The maximum atomic E-state index is 9.15. The Balaban J connectivity index is 2.47. The average molecular weight is 250 g/mol. The maximum Gasteiger partial charge on any atom is 0.101 e. The van der Waals surface area contributed by atoms with Crippen molar-refractivity contribution in [1.29, 1.82) is 5.26 Å². The van der Waals surface area contributed by atoms with Gasteiger partial charge in [-0.25, -0.2) is 0 Å². The third kappa shape index (κ3) is 2.77. The van der Waals surface area contributed by atoms with E-state index in [1.807, 2.05) is 24.3 Å². The highest BCUT2D eigenvalue weighted by atomic mass is 14.9. The lowest BCUT2D eigenvalue weighted by molar-refractivity contribution is 0.867. The van der Waals surface area contributed by atoms with Crippen LogP contribution in [0.3, 0.4) is 0 Å². The van der Waals surface area contributed by atoms with Gasteiger partial charge in [-0.2, -0.15) is 5.26 Å². The first-order chi connectivity index (χ1) is 9.13. The number of hydrogen-bond donors (Lipinski definition) is 1. The van der Waals surface area contributed by atoms with E-state index in [4.69, 9.17) is 5.26 Å². The topological polar surface area (TPSA) is 35.8 Å². The number of nitriles is 1. The second-order valence-electron chi connectivity index (χ2n) is 4.98. The molecule has 0 spiro atoms. The van der Waals surface area contributed by atoms with E-state index >= 15 is 0 Å². The van der Waals surface area contributed by atoms with Gasteiger partial charge < -0.3 is 5.32 Å². The van der Waals surface area contributed by atoms with E-state index in [-0.39, 0.29) is 0 Å². The molecule has 2 nitrogen and oxygen atoms in total. The van der Waals surface area contributed by atoms with Crippen molar-refractivity contribution < 1.29 is 0 Å².